The summed E-state index contributed by atoms with van der Waals surface area (Å²) in [5.41, 5.74) is -0.239. The molecule has 0 spiro atoms. The molecule has 13 atom stereocenters. The largest absolute Gasteiger partial charge is 0.457 e. The van der Waals surface area contributed by atoms with Crippen molar-refractivity contribution in [3.05, 3.63) is 49.2 Å². The molecule has 0 bridgehead atoms. The smallest absolute Gasteiger partial charge is 0.411 e. The van der Waals surface area contributed by atoms with E-state index in [0.29, 0.717) is 25.8 Å². The van der Waals surface area contributed by atoms with Gasteiger partial charge in [0.25, 0.3) is 0 Å². The van der Waals surface area contributed by atoms with E-state index in [9.17, 15) is 24.3 Å². The van der Waals surface area contributed by atoms with Crippen LogP contribution in [0.5, 0.6) is 0 Å². The third kappa shape index (κ3) is 9.55. The van der Waals surface area contributed by atoms with Crippen LogP contribution < -0.4 is 0 Å². The maximum absolute atomic E-state index is 14.8. The van der Waals surface area contributed by atoms with Gasteiger partial charge in [-0.25, -0.2) is 9.78 Å². The van der Waals surface area contributed by atoms with Crippen molar-refractivity contribution in [2.24, 2.45) is 23.7 Å². The van der Waals surface area contributed by atoms with Gasteiger partial charge in [-0.05, 0) is 92.1 Å². The highest BCUT2D eigenvalue weighted by Gasteiger charge is 2.61. The molecular formula is C45H67N5O10. The molecule has 0 saturated carbocycles. The molecule has 5 rings (SSSR count). The highest BCUT2D eigenvalue weighted by molar-refractivity contribution is 6.00. The molecule has 15 heteroatoms. The highest BCUT2D eigenvalue weighted by atomic mass is 16.7. The van der Waals surface area contributed by atoms with Crippen LogP contribution in [-0.4, -0.2) is 135 Å². The fourth-order valence-electron chi connectivity index (χ4n) is 9.51. The quantitative estimate of drug-likeness (QED) is 0.125. The number of pyridine rings is 1. The second kappa shape index (κ2) is 19.4. The molecule has 5 heterocycles. The molecule has 332 valence electrons. The number of carbonyl (C=O) groups excluding carboxylic acids is 4. The van der Waals surface area contributed by atoms with Crippen LogP contribution in [0.2, 0.25) is 0 Å². The fraction of sp³-hybridized carbons (Fsp3) is 0.689. The number of carbonyl (C=O) groups is 4. The van der Waals surface area contributed by atoms with E-state index in [2.05, 4.69) is 16.5 Å². The van der Waals surface area contributed by atoms with Crippen LogP contribution in [-0.2, 0) is 44.6 Å². The standard InChI is InChI=1S/C45H67N5O10/c1-13-35-45(14-2)39(50(43(55)60-45)20-16-15-19-49-24-33(47-25-49)32-18-17-27(4)46-23-32)29(6)36(51)26(3)22-44(9,56-12)40(30(7)37(52)31(8)41(54)58-35)59-42-38(53)34(48(10)11)21-28(5)57-42/h14,17-18,23-26,28-31,34-35,38-40,42,53H,2,13,15-16,19-22H2,1,3-12H3/t26-,28-,29+,30+,31-,34+,35-,38-,39-,40-,42+,44-,45-/m1/s1. The second-order valence-corrected chi connectivity index (χ2v) is 17.6. The third-order valence-electron chi connectivity index (χ3n) is 13.1. The summed E-state index contributed by atoms with van der Waals surface area (Å²) in [5, 5.41) is 11.5. The number of rotatable bonds is 12. The molecule has 2 aromatic heterocycles. The van der Waals surface area contributed by atoms with Crippen LogP contribution in [0.1, 0.15) is 86.3 Å². The molecule has 3 saturated heterocycles. The van der Waals surface area contributed by atoms with Crippen LogP contribution in [0.25, 0.3) is 11.3 Å². The second-order valence-electron chi connectivity index (χ2n) is 17.6. The van der Waals surface area contributed by atoms with E-state index < -0.39 is 83.4 Å². The van der Waals surface area contributed by atoms with Gasteiger partial charge in [0.15, 0.2) is 17.7 Å². The number of imidazole rings is 1. The number of aliphatic hydroxyl groups is 1. The molecule has 1 N–H and O–H groups in total. The SMILES string of the molecule is C=C[C@]12OC(=O)N(CCCCn3cnc(-c4ccc(C)nc4)c3)[C@@H]1[C@@H](C)C(=O)[C@H](C)C[C@@](C)(OC)[C@H](O[C@@H]1O[C@H](C)C[C@H](N(C)C)[C@H]1O)[C@@H](C)C(=O)[C@@H](C)C(=O)O[C@@H]2CC. The maximum Gasteiger partial charge on any atom is 0.411 e. The zero-order valence-corrected chi connectivity index (χ0v) is 37.3. The van der Waals surface area contributed by atoms with Gasteiger partial charge in [0.2, 0.25) is 0 Å². The van der Waals surface area contributed by atoms with Gasteiger partial charge in [-0.3, -0.25) is 24.3 Å². The lowest BCUT2D eigenvalue weighted by molar-refractivity contribution is -0.295. The number of cyclic esters (lactones) is 1. The first kappa shape index (κ1) is 47.0. The Balaban J connectivity index is 1.45. The molecule has 0 unspecified atom stereocenters. The van der Waals surface area contributed by atoms with Gasteiger partial charge in [0, 0.05) is 67.6 Å². The number of methoxy groups -OCH3 is 1. The Morgan fingerprint density at radius 1 is 1.03 bits per heavy atom. The summed E-state index contributed by atoms with van der Waals surface area (Å²) < 4.78 is 33.3. The lowest BCUT2D eigenvalue weighted by atomic mass is 9.72. The van der Waals surface area contributed by atoms with Crippen LogP contribution in [0.4, 0.5) is 4.79 Å². The molecule has 1 amide bonds. The van der Waals surface area contributed by atoms with Gasteiger partial charge >= 0.3 is 12.1 Å². The van der Waals surface area contributed by atoms with E-state index in [-0.39, 0.29) is 37.3 Å². The Morgan fingerprint density at radius 2 is 1.73 bits per heavy atom. The van der Waals surface area contributed by atoms with Crippen LogP contribution in [0.15, 0.2) is 43.5 Å². The third-order valence-corrected chi connectivity index (χ3v) is 13.1. The molecule has 3 aliphatic heterocycles. The molecule has 0 aromatic carbocycles. The Morgan fingerprint density at radius 3 is 2.35 bits per heavy atom. The van der Waals surface area contributed by atoms with Crippen molar-refractivity contribution >= 4 is 23.6 Å². The summed E-state index contributed by atoms with van der Waals surface area (Å²) in [6.07, 6.45) is 3.89. The van der Waals surface area contributed by atoms with Crippen molar-refractivity contribution in [1.82, 2.24) is 24.3 Å². The number of fused-ring (bicyclic) bond motifs is 1. The van der Waals surface area contributed by atoms with Gasteiger partial charge in [0.05, 0.1) is 35.9 Å². The molecule has 15 nitrogen and oxygen atoms in total. The summed E-state index contributed by atoms with van der Waals surface area (Å²) in [4.78, 5) is 69.6. The first-order valence-electron chi connectivity index (χ1n) is 21.4. The number of nitrogens with zero attached hydrogens (tertiary/aromatic N) is 5. The van der Waals surface area contributed by atoms with Crippen LogP contribution >= 0.6 is 0 Å². The predicted molar refractivity (Wildman–Crippen MR) is 224 cm³/mol. The molecule has 0 aliphatic carbocycles. The minimum Gasteiger partial charge on any atom is -0.457 e. The predicted octanol–water partition coefficient (Wildman–Crippen LogP) is 5.40. The normalized spacial score (nSPS) is 35.8. The van der Waals surface area contributed by atoms with E-state index in [0.717, 1.165) is 17.0 Å². The van der Waals surface area contributed by atoms with E-state index in [1.165, 1.54) is 20.1 Å². The first-order chi connectivity index (χ1) is 28.3. The first-order valence-corrected chi connectivity index (χ1v) is 21.4. The number of unbranched alkanes of at least 4 members (excludes halogenated alkanes) is 1. The Hall–Kier alpha value is -4.02. The monoisotopic (exact) mass is 837 g/mol. The van der Waals surface area contributed by atoms with Crippen molar-refractivity contribution in [2.45, 2.75) is 148 Å². The van der Waals surface area contributed by atoms with Crippen LogP contribution in [0, 0.1) is 30.6 Å². The molecule has 3 aliphatic rings. The van der Waals surface area contributed by atoms with Gasteiger partial charge in [0.1, 0.15) is 23.9 Å². The van der Waals surface area contributed by atoms with E-state index >= 15 is 0 Å². The average Bonchev–Trinajstić information content (AvgIpc) is 3.81. The summed E-state index contributed by atoms with van der Waals surface area (Å²) in [6, 6.07) is 2.74. The Bertz CT molecular complexity index is 1840. The van der Waals surface area contributed by atoms with Crippen molar-refractivity contribution in [3.8, 4) is 11.3 Å². The number of hydrogen-bond donors (Lipinski definition) is 1. The number of aryl methyl sites for hydroxylation is 2. The minimum atomic E-state index is -1.60. The Kier molecular flexibility index (Phi) is 15.2. The molecule has 3 fully saturated rings. The van der Waals surface area contributed by atoms with Gasteiger partial charge < -0.3 is 38.3 Å². The number of likely N-dealkylation sites (N-methyl/N-ethyl adjacent to an activating group) is 1. The maximum atomic E-state index is 14.8. The van der Waals surface area contributed by atoms with Crippen LogP contribution in [0.3, 0.4) is 0 Å². The highest BCUT2D eigenvalue weighted by Crippen LogP contribution is 2.44. The lowest BCUT2D eigenvalue weighted by Gasteiger charge is -2.47. The Labute approximate surface area is 355 Å². The number of aliphatic hydroxyl groups excluding tert-OH is 1. The van der Waals surface area contributed by atoms with E-state index in [1.807, 2.05) is 55.7 Å². The summed E-state index contributed by atoms with van der Waals surface area (Å²) in [5.74, 6) is -5.20. The number of esters is 1. The summed E-state index contributed by atoms with van der Waals surface area (Å²) >= 11 is 0. The zero-order chi connectivity index (χ0) is 44.3. The minimum absolute atomic E-state index is 0.106. The fourth-order valence-corrected chi connectivity index (χ4v) is 9.51. The number of amides is 1. The topological polar surface area (TPSA) is 172 Å². The molecule has 2 aromatic rings. The van der Waals surface area contributed by atoms with Crippen molar-refractivity contribution in [2.75, 3.05) is 27.7 Å². The number of ketones is 2. The van der Waals surface area contributed by atoms with Crippen molar-refractivity contribution < 1.29 is 48.0 Å². The summed E-state index contributed by atoms with van der Waals surface area (Å²) in [7, 11) is 5.23. The van der Waals surface area contributed by atoms with Gasteiger partial charge in [-0.15, -0.1) is 0 Å². The lowest BCUT2D eigenvalue weighted by Crippen LogP contribution is -2.60. The average molecular weight is 838 g/mol. The molecular weight excluding hydrogens is 771 g/mol. The molecule has 0 radical (unpaired) electrons. The van der Waals surface area contributed by atoms with Crippen molar-refractivity contribution in [1.29, 1.82) is 0 Å². The van der Waals surface area contributed by atoms with Gasteiger partial charge in [-0.1, -0.05) is 34.3 Å². The number of ether oxygens (including phenoxy) is 5. The molecule has 60 heavy (non-hydrogen) atoms. The zero-order valence-electron chi connectivity index (χ0n) is 37.3. The number of hydrogen-bond acceptors (Lipinski definition) is 13. The van der Waals surface area contributed by atoms with E-state index in [1.54, 1.807) is 52.0 Å². The van der Waals surface area contributed by atoms with Gasteiger partial charge in [-0.2, -0.15) is 0 Å². The van der Waals surface area contributed by atoms with Crippen molar-refractivity contribution in [3.63, 3.8) is 0 Å². The number of Topliss-reactive ketones (excluding diaryl/α,β-unsaturated/α-hetero) is 2. The van der Waals surface area contributed by atoms with E-state index in [4.69, 9.17) is 23.7 Å². The summed E-state index contributed by atoms with van der Waals surface area (Å²) in [6.45, 7) is 19.1. The number of aromatic nitrogens is 3.